The summed E-state index contributed by atoms with van der Waals surface area (Å²) in [4.78, 5) is 34.1. The van der Waals surface area contributed by atoms with E-state index in [0.29, 0.717) is 23.7 Å². The molecule has 0 fully saturated rings. The molecule has 148 valence electrons. The van der Waals surface area contributed by atoms with E-state index in [0.717, 1.165) is 0 Å². The third-order valence-electron chi connectivity index (χ3n) is 3.63. The number of esters is 1. The van der Waals surface area contributed by atoms with Crippen LogP contribution in [0.3, 0.4) is 0 Å². The zero-order valence-electron chi connectivity index (χ0n) is 15.5. The largest absolute Gasteiger partial charge is 0.490 e. The molecule has 0 saturated heterocycles. The Balaban J connectivity index is 1.84. The van der Waals surface area contributed by atoms with Crippen LogP contribution in [-0.4, -0.2) is 36.6 Å². The number of nitrogens with zero attached hydrogens (tertiary/aromatic N) is 1. The van der Waals surface area contributed by atoms with Crippen LogP contribution >= 0.6 is 0 Å². The molecule has 0 spiro atoms. The predicted molar refractivity (Wildman–Crippen MR) is 101 cm³/mol. The van der Waals surface area contributed by atoms with Crippen molar-refractivity contribution in [2.45, 2.75) is 13.8 Å². The fraction of sp³-hybridized carbons (Fsp3) is 0.263. The molecule has 9 heteroatoms. The molecule has 2 aromatic carbocycles. The fourth-order valence-corrected chi connectivity index (χ4v) is 2.31. The first-order valence-corrected chi connectivity index (χ1v) is 8.46. The highest BCUT2D eigenvalue weighted by Gasteiger charge is 2.16. The normalized spacial score (nSPS) is 10.1. The molecule has 0 heterocycles. The molecule has 0 bridgehead atoms. The Labute approximate surface area is 161 Å². The van der Waals surface area contributed by atoms with Gasteiger partial charge in [-0.25, -0.2) is 4.79 Å². The number of nitro benzene ring substituents is 1. The number of carbonyl (C=O) groups excluding carboxylic acids is 2. The van der Waals surface area contributed by atoms with Crippen molar-refractivity contribution in [3.63, 3.8) is 0 Å². The van der Waals surface area contributed by atoms with Gasteiger partial charge in [0, 0.05) is 6.07 Å². The molecule has 1 N–H and O–H groups in total. The molecule has 0 saturated carbocycles. The summed E-state index contributed by atoms with van der Waals surface area (Å²) in [5, 5.41) is 13.4. The minimum atomic E-state index is -0.739. The molecule has 0 atom stereocenters. The van der Waals surface area contributed by atoms with Gasteiger partial charge in [-0.1, -0.05) is 18.2 Å². The molecule has 28 heavy (non-hydrogen) atoms. The topological polar surface area (TPSA) is 117 Å². The van der Waals surface area contributed by atoms with Gasteiger partial charge in [-0.3, -0.25) is 14.9 Å². The lowest BCUT2D eigenvalue weighted by atomic mass is 10.1. The number of amides is 1. The highest BCUT2D eigenvalue weighted by Crippen LogP contribution is 2.26. The molecule has 0 radical (unpaired) electrons. The molecule has 2 aromatic rings. The molecule has 0 unspecified atom stereocenters. The summed E-state index contributed by atoms with van der Waals surface area (Å²) in [7, 11) is 0. The lowest BCUT2D eigenvalue weighted by Crippen LogP contribution is -2.24. The van der Waals surface area contributed by atoms with Gasteiger partial charge in [0.25, 0.3) is 11.6 Å². The quantitative estimate of drug-likeness (QED) is 0.399. The standard InChI is InChI=1S/C19H20N2O7/c1-3-26-16-9-4-5-10-17(16)27-12-19(23)28-11-18(22)20-14-7-6-8-15(13(14)2)21(24)25/h4-10H,3,11-12H2,1-2H3,(H,20,22). The number of carbonyl (C=O) groups is 2. The fourth-order valence-electron chi connectivity index (χ4n) is 2.31. The summed E-state index contributed by atoms with van der Waals surface area (Å²) in [6.45, 7) is 2.85. The predicted octanol–water partition coefficient (Wildman–Crippen LogP) is 2.86. The van der Waals surface area contributed by atoms with Gasteiger partial charge in [0.05, 0.1) is 22.8 Å². The number of benzene rings is 2. The van der Waals surface area contributed by atoms with Crippen molar-refractivity contribution in [1.82, 2.24) is 0 Å². The van der Waals surface area contributed by atoms with E-state index in [9.17, 15) is 19.7 Å². The minimum absolute atomic E-state index is 0.115. The second-order valence-corrected chi connectivity index (χ2v) is 5.58. The van der Waals surface area contributed by atoms with E-state index in [4.69, 9.17) is 14.2 Å². The van der Waals surface area contributed by atoms with Gasteiger partial charge in [-0.05, 0) is 32.0 Å². The SMILES string of the molecule is CCOc1ccccc1OCC(=O)OCC(=O)Nc1cccc([N+](=O)[O-])c1C. The molecular weight excluding hydrogens is 368 g/mol. The van der Waals surface area contributed by atoms with E-state index in [1.165, 1.54) is 25.1 Å². The molecule has 2 rings (SSSR count). The van der Waals surface area contributed by atoms with Gasteiger partial charge in [0.2, 0.25) is 0 Å². The van der Waals surface area contributed by atoms with Gasteiger partial charge >= 0.3 is 5.97 Å². The van der Waals surface area contributed by atoms with Crippen LogP contribution < -0.4 is 14.8 Å². The molecule has 0 aliphatic heterocycles. The highest BCUT2D eigenvalue weighted by molar-refractivity contribution is 5.94. The van der Waals surface area contributed by atoms with Crippen molar-refractivity contribution < 1.29 is 28.7 Å². The maximum atomic E-state index is 11.9. The van der Waals surface area contributed by atoms with Crippen molar-refractivity contribution in [2.24, 2.45) is 0 Å². The van der Waals surface area contributed by atoms with Crippen LogP contribution in [0, 0.1) is 17.0 Å². The number of ether oxygens (including phenoxy) is 3. The molecule has 0 aromatic heterocycles. The molecule has 0 aliphatic rings. The first-order chi connectivity index (χ1) is 13.4. The Bertz CT molecular complexity index is 867. The van der Waals surface area contributed by atoms with Gasteiger partial charge in [0.15, 0.2) is 24.7 Å². The third kappa shape index (κ3) is 5.70. The summed E-state index contributed by atoms with van der Waals surface area (Å²) in [5.41, 5.74) is 0.469. The Hall–Kier alpha value is -3.62. The first-order valence-electron chi connectivity index (χ1n) is 8.46. The van der Waals surface area contributed by atoms with E-state index in [1.807, 2.05) is 6.92 Å². The molecule has 9 nitrogen and oxygen atoms in total. The summed E-state index contributed by atoms with van der Waals surface area (Å²) in [5.74, 6) is -0.474. The lowest BCUT2D eigenvalue weighted by Gasteiger charge is -2.11. The van der Waals surface area contributed by atoms with Gasteiger partial charge in [0.1, 0.15) is 0 Å². The van der Waals surface area contributed by atoms with Gasteiger partial charge in [-0.2, -0.15) is 0 Å². The van der Waals surface area contributed by atoms with Crippen LogP contribution in [0.2, 0.25) is 0 Å². The number of hydrogen-bond acceptors (Lipinski definition) is 7. The zero-order valence-corrected chi connectivity index (χ0v) is 15.5. The second kappa shape index (κ2) is 9.91. The number of rotatable bonds is 9. The Kier molecular flexibility index (Phi) is 7.32. The van der Waals surface area contributed by atoms with E-state index in [1.54, 1.807) is 24.3 Å². The van der Waals surface area contributed by atoms with Crippen LogP contribution in [0.1, 0.15) is 12.5 Å². The van der Waals surface area contributed by atoms with Crippen molar-refractivity contribution in [2.75, 3.05) is 25.1 Å². The van der Waals surface area contributed by atoms with E-state index < -0.39 is 30.0 Å². The summed E-state index contributed by atoms with van der Waals surface area (Å²) in [6, 6.07) is 11.2. The van der Waals surface area contributed by atoms with Crippen molar-refractivity contribution in [1.29, 1.82) is 0 Å². The maximum absolute atomic E-state index is 11.9. The zero-order chi connectivity index (χ0) is 20.5. The van der Waals surface area contributed by atoms with Crippen LogP contribution in [0.15, 0.2) is 42.5 Å². The first kappa shape index (κ1) is 20.7. The number of hydrogen-bond donors (Lipinski definition) is 1. The summed E-state index contributed by atoms with van der Waals surface area (Å²) < 4.78 is 15.6. The molecular formula is C19H20N2O7. The summed E-state index contributed by atoms with van der Waals surface area (Å²) in [6.07, 6.45) is 0. The average Bonchev–Trinajstić information content (AvgIpc) is 2.67. The number of anilines is 1. The van der Waals surface area contributed by atoms with Crippen LogP contribution in [0.5, 0.6) is 11.5 Å². The Morgan fingerprint density at radius 3 is 2.36 bits per heavy atom. The Morgan fingerprint density at radius 2 is 1.71 bits per heavy atom. The third-order valence-corrected chi connectivity index (χ3v) is 3.63. The van der Waals surface area contributed by atoms with Crippen LogP contribution in [0.4, 0.5) is 11.4 Å². The second-order valence-electron chi connectivity index (χ2n) is 5.58. The minimum Gasteiger partial charge on any atom is -0.490 e. The average molecular weight is 388 g/mol. The van der Waals surface area contributed by atoms with E-state index in [-0.39, 0.29) is 11.4 Å². The van der Waals surface area contributed by atoms with Gasteiger partial charge in [-0.15, -0.1) is 0 Å². The number of para-hydroxylation sites is 2. The number of nitro groups is 1. The number of nitrogens with one attached hydrogen (secondary N) is 1. The maximum Gasteiger partial charge on any atom is 0.344 e. The molecule has 1 amide bonds. The smallest absolute Gasteiger partial charge is 0.344 e. The van der Waals surface area contributed by atoms with Crippen LogP contribution in [0.25, 0.3) is 0 Å². The monoisotopic (exact) mass is 388 g/mol. The molecule has 0 aliphatic carbocycles. The lowest BCUT2D eigenvalue weighted by molar-refractivity contribution is -0.385. The Morgan fingerprint density at radius 1 is 1.04 bits per heavy atom. The van der Waals surface area contributed by atoms with Gasteiger partial charge < -0.3 is 19.5 Å². The highest BCUT2D eigenvalue weighted by atomic mass is 16.6. The van der Waals surface area contributed by atoms with E-state index >= 15 is 0 Å². The van der Waals surface area contributed by atoms with Crippen molar-refractivity contribution in [3.05, 3.63) is 58.1 Å². The summed E-state index contributed by atoms with van der Waals surface area (Å²) >= 11 is 0. The van der Waals surface area contributed by atoms with Crippen molar-refractivity contribution in [3.8, 4) is 11.5 Å². The van der Waals surface area contributed by atoms with E-state index in [2.05, 4.69) is 5.32 Å². The van der Waals surface area contributed by atoms with Crippen molar-refractivity contribution >= 4 is 23.3 Å². The van der Waals surface area contributed by atoms with Crippen LogP contribution in [-0.2, 0) is 14.3 Å².